The molecule has 26 heavy (non-hydrogen) atoms. The second-order valence-corrected chi connectivity index (χ2v) is 8.86. The van der Waals surface area contributed by atoms with Crippen LogP contribution in [0.15, 0.2) is 23.1 Å². The zero-order chi connectivity index (χ0) is 19.9. The van der Waals surface area contributed by atoms with E-state index in [0.717, 1.165) is 23.5 Å². The topological polar surface area (TPSA) is 89.7 Å². The number of carbonyl (C=O) groups excluding carboxylic acids is 1. The Labute approximate surface area is 150 Å². The third-order valence-corrected chi connectivity index (χ3v) is 6.46. The van der Waals surface area contributed by atoms with E-state index in [0.29, 0.717) is 12.5 Å². The van der Waals surface area contributed by atoms with Crippen molar-refractivity contribution < 1.29 is 31.1 Å². The molecule has 1 atom stereocenters. The molecule has 1 heterocycles. The third-order valence-electron chi connectivity index (χ3n) is 4.62. The van der Waals surface area contributed by atoms with Gasteiger partial charge in [0.15, 0.2) is 0 Å². The predicted octanol–water partition coefficient (Wildman–Crippen LogP) is 2.24. The van der Waals surface area contributed by atoms with Crippen LogP contribution in [0.5, 0.6) is 0 Å². The number of piperidine rings is 1. The lowest BCUT2D eigenvalue weighted by atomic mass is 9.81. The van der Waals surface area contributed by atoms with Crippen LogP contribution in [0.3, 0.4) is 0 Å². The minimum atomic E-state index is -4.90. The summed E-state index contributed by atoms with van der Waals surface area (Å²) in [6.07, 6.45) is -4.50. The summed E-state index contributed by atoms with van der Waals surface area (Å²) in [7, 11) is -3.21. The van der Waals surface area contributed by atoms with Crippen molar-refractivity contribution in [1.29, 1.82) is 0 Å². The van der Waals surface area contributed by atoms with E-state index in [4.69, 9.17) is 5.73 Å². The van der Waals surface area contributed by atoms with Gasteiger partial charge in [-0.3, -0.25) is 0 Å². The Bertz CT molecular complexity index is 806. The van der Waals surface area contributed by atoms with Crippen molar-refractivity contribution in [3.8, 4) is 0 Å². The SMILES string of the molecule is COC(=O)c1ccc(S(=O)(=O)N2CCC(N)C(C)(C)C2)cc1C(F)(F)F. The number of alkyl halides is 3. The summed E-state index contributed by atoms with van der Waals surface area (Å²) in [5, 5.41) is 0. The molecule has 146 valence electrons. The summed E-state index contributed by atoms with van der Waals surface area (Å²) >= 11 is 0. The molecule has 1 aliphatic heterocycles. The molecule has 2 rings (SSSR count). The minimum absolute atomic E-state index is 0.0939. The highest BCUT2D eigenvalue weighted by atomic mass is 32.2. The van der Waals surface area contributed by atoms with Gasteiger partial charge in [-0.2, -0.15) is 17.5 Å². The average molecular weight is 394 g/mol. The highest BCUT2D eigenvalue weighted by Gasteiger charge is 2.41. The van der Waals surface area contributed by atoms with Crippen LogP contribution in [0.4, 0.5) is 13.2 Å². The van der Waals surface area contributed by atoms with Gasteiger partial charge in [0.2, 0.25) is 10.0 Å². The number of benzene rings is 1. The molecule has 0 spiro atoms. The van der Waals surface area contributed by atoms with Gasteiger partial charge in [-0.25, -0.2) is 13.2 Å². The van der Waals surface area contributed by atoms with E-state index in [9.17, 15) is 26.4 Å². The monoisotopic (exact) mass is 394 g/mol. The summed E-state index contributed by atoms with van der Waals surface area (Å²) in [5.74, 6) is -1.19. The molecule has 0 saturated carbocycles. The van der Waals surface area contributed by atoms with Crippen LogP contribution in [-0.4, -0.2) is 44.9 Å². The molecule has 2 N–H and O–H groups in total. The highest BCUT2D eigenvalue weighted by molar-refractivity contribution is 7.89. The molecule has 10 heteroatoms. The van der Waals surface area contributed by atoms with E-state index in [1.807, 2.05) is 0 Å². The van der Waals surface area contributed by atoms with Crippen molar-refractivity contribution in [2.24, 2.45) is 11.1 Å². The van der Waals surface area contributed by atoms with Gasteiger partial charge in [0.05, 0.1) is 23.1 Å². The van der Waals surface area contributed by atoms with Crippen molar-refractivity contribution in [3.05, 3.63) is 29.3 Å². The third kappa shape index (κ3) is 3.86. The Balaban J connectivity index is 2.49. The van der Waals surface area contributed by atoms with Gasteiger partial charge in [-0.1, -0.05) is 13.8 Å². The second-order valence-electron chi connectivity index (χ2n) is 6.92. The number of ether oxygens (including phenoxy) is 1. The lowest BCUT2D eigenvalue weighted by molar-refractivity contribution is -0.138. The van der Waals surface area contributed by atoms with Crippen molar-refractivity contribution in [2.75, 3.05) is 20.2 Å². The van der Waals surface area contributed by atoms with Crippen molar-refractivity contribution in [2.45, 2.75) is 37.4 Å². The number of sulfonamides is 1. The summed E-state index contributed by atoms with van der Waals surface area (Å²) in [5.41, 5.74) is 3.39. The van der Waals surface area contributed by atoms with E-state index < -0.39 is 43.6 Å². The predicted molar refractivity (Wildman–Crippen MR) is 87.9 cm³/mol. The standard InChI is InChI=1S/C16H21F3N2O4S/c1-15(2)9-21(7-6-13(15)20)26(23,24)10-4-5-11(14(22)25-3)12(8-10)16(17,18)19/h4-5,8,13H,6-7,9,20H2,1-3H3. The fourth-order valence-corrected chi connectivity index (χ4v) is 4.54. The fourth-order valence-electron chi connectivity index (χ4n) is 2.89. The molecule has 0 radical (unpaired) electrons. The van der Waals surface area contributed by atoms with Crippen LogP contribution in [0.1, 0.15) is 36.2 Å². The molecular weight excluding hydrogens is 373 g/mol. The van der Waals surface area contributed by atoms with Crippen LogP contribution < -0.4 is 5.73 Å². The number of carbonyl (C=O) groups is 1. The summed E-state index contributed by atoms with van der Waals surface area (Å²) in [6.45, 7) is 3.82. The molecule has 1 saturated heterocycles. The molecular formula is C16H21F3N2O4S. The maximum Gasteiger partial charge on any atom is 0.417 e. The number of esters is 1. The number of nitrogens with two attached hydrogens (primary N) is 1. The molecule has 0 amide bonds. The Hall–Kier alpha value is -1.65. The van der Waals surface area contributed by atoms with Crippen LogP contribution in [0.2, 0.25) is 0 Å². The van der Waals surface area contributed by atoms with Crippen molar-refractivity contribution in [1.82, 2.24) is 4.31 Å². The Morgan fingerprint density at radius 1 is 1.35 bits per heavy atom. The molecule has 0 aliphatic carbocycles. The number of rotatable bonds is 3. The van der Waals surface area contributed by atoms with E-state index in [-0.39, 0.29) is 19.1 Å². The first-order valence-electron chi connectivity index (χ1n) is 7.86. The van der Waals surface area contributed by atoms with E-state index >= 15 is 0 Å². The molecule has 1 aromatic carbocycles. The largest absolute Gasteiger partial charge is 0.465 e. The molecule has 6 nitrogen and oxygen atoms in total. The number of nitrogens with zero attached hydrogens (tertiary/aromatic N) is 1. The first-order valence-corrected chi connectivity index (χ1v) is 9.30. The zero-order valence-corrected chi connectivity index (χ0v) is 15.4. The minimum Gasteiger partial charge on any atom is -0.465 e. The average Bonchev–Trinajstić information content (AvgIpc) is 2.55. The van der Waals surface area contributed by atoms with Gasteiger partial charge < -0.3 is 10.5 Å². The van der Waals surface area contributed by atoms with Crippen LogP contribution in [-0.2, 0) is 20.9 Å². The second kappa shape index (κ2) is 6.82. The first kappa shape index (κ1) is 20.7. The molecule has 1 fully saturated rings. The molecule has 0 bridgehead atoms. The fraction of sp³-hybridized carbons (Fsp3) is 0.562. The van der Waals surface area contributed by atoms with Gasteiger partial charge in [0.1, 0.15) is 0 Å². The molecule has 1 aromatic rings. The molecule has 1 aliphatic rings. The zero-order valence-electron chi connectivity index (χ0n) is 14.6. The number of halogens is 3. The van der Waals surface area contributed by atoms with Crippen molar-refractivity contribution >= 4 is 16.0 Å². The number of hydrogen-bond donors (Lipinski definition) is 1. The first-order chi connectivity index (χ1) is 11.8. The normalized spacial score (nSPS) is 21.4. The highest BCUT2D eigenvalue weighted by Crippen LogP contribution is 2.36. The van der Waals surface area contributed by atoms with E-state index in [2.05, 4.69) is 4.74 Å². The Morgan fingerprint density at radius 2 is 1.96 bits per heavy atom. The van der Waals surface area contributed by atoms with Gasteiger partial charge >= 0.3 is 12.1 Å². The van der Waals surface area contributed by atoms with Crippen molar-refractivity contribution in [3.63, 3.8) is 0 Å². The lowest BCUT2D eigenvalue weighted by Crippen LogP contribution is -2.53. The van der Waals surface area contributed by atoms with Crippen LogP contribution >= 0.6 is 0 Å². The smallest absolute Gasteiger partial charge is 0.417 e. The van der Waals surface area contributed by atoms with E-state index in [1.54, 1.807) is 13.8 Å². The molecule has 1 unspecified atom stereocenters. The van der Waals surface area contributed by atoms with Gasteiger partial charge in [-0.05, 0) is 30.0 Å². The maximum atomic E-state index is 13.3. The van der Waals surface area contributed by atoms with Crippen LogP contribution in [0, 0.1) is 5.41 Å². The number of methoxy groups -OCH3 is 1. The lowest BCUT2D eigenvalue weighted by Gasteiger charge is -2.41. The quantitative estimate of drug-likeness (QED) is 0.794. The van der Waals surface area contributed by atoms with E-state index in [1.165, 1.54) is 0 Å². The maximum absolute atomic E-state index is 13.3. The summed E-state index contributed by atoms with van der Waals surface area (Å²) in [4.78, 5) is 11.0. The van der Waals surface area contributed by atoms with Gasteiger partial charge in [0, 0.05) is 19.1 Å². The summed E-state index contributed by atoms with van der Waals surface area (Å²) in [6, 6.07) is 2.07. The number of hydrogen-bond acceptors (Lipinski definition) is 5. The molecule has 0 aromatic heterocycles. The van der Waals surface area contributed by atoms with Gasteiger partial charge in [-0.15, -0.1) is 0 Å². The Kier molecular flexibility index (Phi) is 5.42. The van der Waals surface area contributed by atoms with Gasteiger partial charge in [0.25, 0.3) is 0 Å². The summed E-state index contributed by atoms with van der Waals surface area (Å²) < 4.78 is 71.0. The van der Waals surface area contributed by atoms with Crippen LogP contribution in [0.25, 0.3) is 0 Å². The Morgan fingerprint density at radius 3 is 2.46 bits per heavy atom.